The minimum Gasteiger partial charge on any atom is -0.200 e. The lowest BCUT2D eigenvalue weighted by molar-refractivity contribution is -0.661. The highest BCUT2D eigenvalue weighted by Gasteiger charge is 2.38. The standard InChI is InChI=1S/C34H31F3N/c1-22-26-13-9-10-14-27(26)30(33(2,3)4)19-28(22)32-20-29(31(21-38(32)5)34(35,36)37)25-17-15-24(16-18-25)23-11-7-6-8-12-23/h6-21H,1-5H3/q+1. The van der Waals surface area contributed by atoms with Gasteiger partial charge in [-0.2, -0.15) is 13.2 Å². The molecule has 192 valence electrons. The molecule has 1 aromatic heterocycles. The van der Waals surface area contributed by atoms with Crippen molar-refractivity contribution < 1.29 is 17.7 Å². The van der Waals surface area contributed by atoms with Gasteiger partial charge in [-0.1, -0.05) is 99.6 Å². The topological polar surface area (TPSA) is 3.88 Å². The number of aryl methyl sites for hydroxylation is 2. The number of alkyl halides is 3. The van der Waals surface area contributed by atoms with Crippen LogP contribution in [0.5, 0.6) is 0 Å². The summed E-state index contributed by atoms with van der Waals surface area (Å²) in [5, 5.41) is 2.29. The van der Waals surface area contributed by atoms with Crippen molar-refractivity contribution in [3.8, 4) is 33.5 Å². The molecule has 0 bridgehead atoms. The van der Waals surface area contributed by atoms with Crippen molar-refractivity contribution >= 4 is 10.8 Å². The van der Waals surface area contributed by atoms with Crippen LogP contribution in [0, 0.1) is 6.92 Å². The Kier molecular flexibility index (Phi) is 6.38. The van der Waals surface area contributed by atoms with Crippen molar-refractivity contribution in [3.05, 3.63) is 114 Å². The first-order valence-electron chi connectivity index (χ1n) is 12.7. The molecule has 0 aliphatic carbocycles. The van der Waals surface area contributed by atoms with Gasteiger partial charge >= 0.3 is 6.18 Å². The van der Waals surface area contributed by atoms with Crippen molar-refractivity contribution in [1.82, 2.24) is 0 Å². The number of rotatable bonds is 3. The molecular formula is C34H31F3N+. The molecule has 1 nitrogen and oxygen atoms in total. The molecular weight excluding hydrogens is 479 g/mol. The van der Waals surface area contributed by atoms with Crippen molar-refractivity contribution in [1.29, 1.82) is 0 Å². The summed E-state index contributed by atoms with van der Waals surface area (Å²) in [6, 6.07) is 29.3. The van der Waals surface area contributed by atoms with Crippen LogP contribution in [0.4, 0.5) is 13.2 Å². The van der Waals surface area contributed by atoms with Crippen molar-refractivity contribution in [2.24, 2.45) is 7.05 Å². The third-order valence-corrected chi connectivity index (χ3v) is 7.28. The number of fused-ring (bicyclic) bond motifs is 1. The van der Waals surface area contributed by atoms with Gasteiger partial charge < -0.3 is 0 Å². The van der Waals surface area contributed by atoms with Gasteiger partial charge in [0.25, 0.3) is 0 Å². The number of benzene rings is 4. The van der Waals surface area contributed by atoms with Crippen molar-refractivity contribution in [2.45, 2.75) is 39.3 Å². The molecule has 0 spiro atoms. The zero-order valence-corrected chi connectivity index (χ0v) is 22.3. The number of hydrogen-bond acceptors (Lipinski definition) is 0. The van der Waals surface area contributed by atoms with E-state index < -0.39 is 11.7 Å². The summed E-state index contributed by atoms with van der Waals surface area (Å²) in [5.41, 5.74) is 5.82. The third-order valence-electron chi connectivity index (χ3n) is 7.28. The Balaban J connectivity index is 1.74. The maximum Gasteiger partial charge on any atom is 0.422 e. The summed E-state index contributed by atoms with van der Waals surface area (Å²) < 4.78 is 44.5. The minimum atomic E-state index is -4.49. The van der Waals surface area contributed by atoms with Gasteiger partial charge in [0.2, 0.25) is 5.69 Å². The first-order valence-corrected chi connectivity index (χ1v) is 12.7. The van der Waals surface area contributed by atoms with Crippen LogP contribution in [0.15, 0.2) is 97.2 Å². The molecule has 0 saturated heterocycles. The molecule has 4 heteroatoms. The SMILES string of the molecule is Cc1c(-c2cc(-c3ccc(-c4ccccc4)cc3)c(C(F)(F)F)c[n+]2C)cc(C(C)(C)C)c2ccccc12. The van der Waals surface area contributed by atoms with E-state index in [1.165, 1.54) is 17.1 Å². The zero-order chi connectivity index (χ0) is 27.2. The monoisotopic (exact) mass is 510 g/mol. The molecule has 0 aliphatic heterocycles. The molecule has 5 aromatic rings. The lowest BCUT2D eigenvalue weighted by atomic mass is 9.80. The van der Waals surface area contributed by atoms with Crippen LogP contribution >= 0.6 is 0 Å². The molecule has 1 heterocycles. The van der Waals surface area contributed by atoms with Gasteiger partial charge in [-0.25, -0.2) is 4.57 Å². The molecule has 0 radical (unpaired) electrons. The highest BCUT2D eigenvalue weighted by Crippen LogP contribution is 2.41. The van der Waals surface area contributed by atoms with Crippen LogP contribution in [-0.4, -0.2) is 0 Å². The van der Waals surface area contributed by atoms with Gasteiger partial charge in [-0.15, -0.1) is 0 Å². The van der Waals surface area contributed by atoms with E-state index in [0.717, 1.165) is 33.3 Å². The first-order chi connectivity index (χ1) is 17.9. The zero-order valence-electron chi connectivity index (χ0n) is 22.3. The Morgan fingerprint density at radius 1 is 0.605 bits per heavy atom. The van der Waals surface area contributed by atoms with Crippen LogP contribution in [0.3, 0.4) is 0 Å². The minimum absolute atomic E-state index is 0.136. The van der Waals surface area contributed by atoms with E-state index in [1.54, 1.807) is 29.8 Å². The maximum atomic E-state index is 14.3. The van der Waals surface area contributed by atoms with Crippen molar-refractivity contribution in [2.75, 3.05) is 0 Å². The number of aromatic nitrogens is 1. The normalized spacial score (nSPS) is 12.2. The lowest BCUT2D eigenvalue weighted by Crippen LogP contribution is -2.33. The van der Waals surface area contributed by atoms with E-state index in [9.17, 15) is 13.2 Å². The van der Waals surface area contributed by atoms with Crippen LogP contribution in [-0.2, 0) is 18.6 Å². The van der Waals surface area contributed by atoms with E-state index in [2.05, 4.69) is 45.9 Å². The fourth-order valence-corrected chi connectivity index (χ4v) is 5.26. The van der Waals surface area contributed by atoms with Crippen LogP contribution in [0.25, 0.3) is 44.3 Å². The summed E-state index contributed by atoms with van der Waals surface area (Å²) in [6.07, 6.45) is -3.26. The van der Waals surface area contributed by atoms with Crippen LogP contribution < -0.4 is 4.57 Å². The summed E-state index contributed by atoms with van der Waals surface area (Å²) >= 11 is 0. The first kappa shape index (κ1) is 25.7. The fourth-order valence-electron chi connectivity index (χ4n) is 5.26. The number of halogens is 3. The highest BCUT2D eigenvalue weighted by atomic mass is 19.4. The molecule has 5 rings (SSSR count). The fraction of sp³-hybridized carbons (Fsp3) is 0.206. The van der Waals surface area contributed by atoms with E-state index in [4.69, 9.17) is 0 Å². The molecule has 0 fully saturated rings. The molecule has 0 atom stereocenters. The second kappa shape index (κ2) is 9.43. The Morgan fingerprint density at radius 3 is 1.76 bits per heavy atom. The van der Waals surface area contributed by atoms with E-state index >= 15 is 0 Å². The molecule has 4 aromatic carbocycles. The second-order valence-electron chi connectivity index (χ2n) is 10.9. The maximum absolute atomic E-state index is 14.3. The molecule has 0 amide bonds. The summed E-state index contributed by atoms with van der Waals surface area (Å²) in [7, 11) is 1.69. The Hall–Kier alpha value is -3.92. The van der Waals surface area contributed by atoms with Gasteiger partial charge in [0, 0.05) is 17.2 Å². The van der Waals surface area contributed by atoms with E-state index in [-0.39, 0.29) is 11.0 Å². The number of hydrogen-bond donors (Lipinski definition) is 0. The Bertz CT molecular complexity index is 1620. The highest BCUT2D eigenvalue weighted by molar-refractivity contribution is 5.94. The molecule has 0 aliphatic rings. The van der Waals surface area contributed by atoms with Gasteiger partial charge in [0.15, 0.2) is 6.20 Å². The molecule has 0 saturated carbocycles. The Labute approximate surface area is 222 Å². The number of nitrogens with zero attached hydrogens (tertiary/aromatic N) is 1. The molecule has 38 heavy (non-hydrogen) atoms. The quantitative estimate of drug-likeness (QED) is 0.213. The largest absolute Gasteiger partial charge is 0.422 e. The van der Waals surface area contributed by atoms with Crippen LogP contribution in [0.2, 0.25) is 0 Å². The third kappa shape index (κ3) is 4.71. The van der Waals surface area contributed by atoms with E-state index in [1.807, 2.05) is 54.6 Å². The predicted molar refractivity (Wildman–Crippen MR) is 150 cm³/mol. The van der Waals surface area contributed by atoms with Gasteiger partial charge in [-0.05, 0) is 57.0 Å². The average molecular weight is 511 g/mol. The Morgan fingerprint density at radius 2 is 1.16 bits per heavy atom. The second-order valence-corrected chi connectivity index (χ2v) is 10.9. The van der Waals surface area contributed by atoms with Gasteiger partial charge in [0.1, 0.15) is 12.6 Å². The summed E-state index contributed by atoms with van der Waals surface area (Å²) in [5.74, 6) is 0. The predicted octanol–water partition coefficient (Wildman–Crippen LogP) is 9.29. The number of pyridine rings is 1. The molecule has 0 unspecified atom stereocenters. The average Bonchev–Trinajstić information content (AvgIpc) is 2.88. The van der Waals surface area contributed by atoms with Gasteiger partial charge in [0.05, 0.1) is 0 Å². The van der Waals surface area contributed by atoms with Crippen LogP contribution in [0.1, 0.15) is 37.5 Å². The van der Waals surface area contributed by atoms with Crippen molar-refractivity contribution in [3.63, 3.8) is 0 Å². The summed E-state index contributed by atoms with van der Waals surface area (Å²) in [6.45, 7) is 8.55. The molecule has 0 N–H and O–H groups in total. The van der Waals surface area contributed by atoms with E-state index in [0.29, 0.717) is 5.56 Å². The smallest absolute Gasteiger partial charge is 0.200 e. The summed E-state index contributed by atoms with van der Waals surface area (Å²) in [4.78, 5) is 0. The lowest BCUT2D eigenvalue weighted by Gasteiger charge is -2.24. The van der Waals surface area contributed by atoms with Gasteiger partial charge in [-0.3, -0.25) is 0 Å².